The Morgan fingerprint density at radius 3 is 2.29 bits per heavy atom. The van der Waals surface area contributed by atoms with Gasteiger partial charge >= 0.3 is 6.18 Å². The molecule has 0 saturated heterocycles. The second kappa shape index (κ2) is 4.58. The lowest BCUT2D eigenvalue weighted by atomic mass is 10.0. The van der Waals surface area contributed by atoms with Crippen molar-refractivity contribution in [3.8, 4) is 0 Å². The van der Waals surface area contributed by atoms with Gasteiger partial charge in [-0.15, -0.1) is 0 Å². The number of alkyl halides is 3. The van der Waals surface area contributed by atoms with Crippen molar-refractivity contribution in [3.63, 3.8) is 0 Å². The maximum atomic E-state index is 13.3. The summed E-state index contributed by atoms with van der Waals surface area (Å²) >= 11 is 0. The lowest BCUT2D eigenvalue weighted by Crippen LogP contribution is -2.10. The van der Waals surface area contributed by atoms with E-state index in [-0.39, 0.29) is 6.07 Å². The first-order valence-electron chi connectivity index (χ1n) is 4.37. The van der Waals surface area contributed by atoms with Crippen LogP contribution >= 0.6 is 0 Å². The minimum Gasteiger partial charge on any atom is -0.207 e. The summed E-state index contributed by atoms with van der Waals surface area (Å²) in [7, 11) is 0. The van der Waals surface area contributed by atoms with Crippen molar-refractivity contribution >= 4 is 0 Å². The Bertz CT molecular complexity index is 476. The molecule has 92 valence electrons. The van der Waals surface area contributed by atoms with Crippen molar-refractivity contribution in [1.29, 1.82) is 0 Å². The molecule has 0 bridgehead atoms. The third-order valence-electron chi connectivity index (χ3n) is 2.07. The van der Waals surface area contributed by atoms with Crippen LogP contribution in [0.2, 0.25) is 0 Å². The molecule has 0 fully saturated rings. The van der Waals surface area contributed by atoms with E-state index in [0.717, 1.165) is 0 Å². The third-order valence-corrected chi connectivity index (χ3v) is 2.07. The Hall–Kier alpha value is -1.82. The van der Waals surface area contributed by atoms with Crippen LogP contribution in [0.3, 0.4) is 0 Å². The van der Waals surface area contributed by atoms with Gasteiger partial charge in [0.25, 0.3) is 0 Å². The number of benzene rings is 1. The van der Waals surface area contributed by atoms with Crippen molar-refractivity contribution < 1.29 is 22.0 Å². The molecule has 1 unspecified atom stereocenters. The molecule has 0 aliphatic heterocycles. The van der Waals surface area contributed by atoms with Crippen LogP contribution in [-0.4, -0.2) is 0 Å². The van der Waals surface area contributed by atoms with Crippen LogP contribution in [0.15, 0.2) is 17.2 Å². The number of nitrogens with zero attached hydrogens (tertiary/aromatic N) is 3. The van der Waals surface area contributed by atoms with E-state index in [4.69, 9.17) is 5.53 Å². The molecule has 0 aliphatic rings. The summed E-state index contributed by atoms with van der Waals surface area (Å²) in [4.78, 5) is 2.37. The molecule has 1 rings (SSSR count). The summed E-state index contributed by atoms with van der Waals surface area (Å²) in [5, 5.41) is 3.08. The lowest BCUT2D eigenvalue weighted by Gasteiger charge is -2.12. The van der Waals surface area contributed by atoms with Crippen molar-refractivity contribution in [3.05, 3.63) is 45.3 Å². The summed E-state index contributed by atoms with van der Waals surface area (Å²) in [6.07, 6.45) is -4.97. The molecule has 1 atom stereocenters. The number of rotatable bonds is 2. The van der Waals surface area contributed by atoms with E-state index < -0.39 is 35.0 Å². The predicted octanol–water partition coefficient (Wildman–Crippen LogP) is 4.35. The molecule has 8 heteroatoms. The lowest BCUT2D eigenvalue weighted by molar-refractivity contribution is -0.140. The molecule has 0 saturated carbocycles. The standard InChI is InChI=1S/C9H6F5N3/c1-4(16-17-15)5-2-8(11)6(3-7(5)10)9(12,13)14/h2-4H,1H3. The Morgan fingerprint density at radius 2 is 1.82 bits per heavy atom. The first-order valence-corrected chi connectivity index (χ1v) is 4.37. The van der Waals surface area contributed by atoms with E-state index in [0.29, 0.717) is 6.07 Å². The highest BCUT2D eigenvalue weighted by atomic mass is 19.4. The van der Waals surface area contributed by atoms with Crippen LogP contribution < -0.4 is 0 Å². The van der Waals surface area contributed by atoms with E-state index in [1.54, 1.807) is 0 Å². The Balaban J connectivity index is 3.32. The summed E-state index contributed by atoms with van der Waals surface area (Å²) in [6, 6.07) is -0.650. The molecule has 0 heterocycles. The van der Waals surface area contributed by atoms with Gasteiger partial charge in [0, 0.05) is 4.91 Å². The summed E-state index contributed by atoms with van der Waals surface area (Å²) in [5.74, 6) is -2.87. The summed E-state index contributed by atoms with van der Waals surface area (Å²) < 4.78 is 63.1. The molecule has 3 nitrogen and oxygen atoms in total. The minimum absolute atomic E-state index is 0.0497. The molecule has 0 aromatic heterocycles. The first-order chi connectivity index (χ1) is 7.77. The zero-order valence-electron chi connectivity index (χ0n) is 8.46. The van der Waals surface area contributed by atoms with Crippen LogP contribution in [0.4, 0.5) is 22.0 Å². The van der Waals surface area contributed by atoms with Crippen molar-refractivity contribution in [2.24, 2.45) is 5.11 Å². The predicted molar refractivity (Wildman–Crippen MR) is 48.9 cm³/mol. The molecule has 0 spiro atoms. The van der Waals surface area contributed by atoms with Crippen LogP contribution in [0.25, 0.3) is 10.4 Å². The van der Waals surface area contributed by atoms with Gasteiger partial charge in [-0.1, -0.05) is 12.0 Å². The van der Waals surface area contributed by atoms with E-state index in [9.17, 15) is 22.0 Å². The van der Waals surface area contributed by atoms with Gasteiger partial charge in [-0.3, -0.25) is 0 Å². The number of halogens is 5. The van der Waals surface area contributed by atoms with E-state index in [2.05, 4.69) is 10.0 Å². The Morgan fingerprint density at radius 1 is 1.24 bits per heavy atom. The third kappa shape index (κ3) is 2.85. The van der Waals surface area contributed by atoms with E-state index in [1.807, 2.05) is 0 Å². The fourth-order valence-corrected chi connectivity index (χ4v) is 1.24. The largest absolute Gasteiger partial charge is 0.419 e. The van der Waals surface area contributed by atoms with Gasteiger partial charge in [-0.05, 0) is 23.2 Å². The van der Waals surface area contributed by atoms with E-state index in [1.165, 1.54) is 6.92 Å². The average molecular weight is 251 g/mol. The molecule has 0 radical (unpaired) electrons. The molecular weight excluding hydrogens is 245 g/mol. The van der Waals surface area contributed by atoms with Gasteiger partial charge in [-0.25, -0.2) is 8.78 Å². The fourth-order valence-electron chi connectivity index (χ4n) is 1.24. The second-order valence-corrected chi connectivity index (χ2v) is 3.23. The second-order valence-electron chi connectivity index (χ2n) is 3.23. The van der Waals surface area contributed by atoms with Gasteiger partial charge in [0.05, 0.1) is 11.6 Å². The SMILES string of the molecule is CC(N=[N+]=[N-])c1cc(F)c(C(F)(F)F)cc1F. The monoisotopic (exact) mass is 251 g/mol. The normalized spacial score (nSPS) is 13.1. The molecule has 1 aromatic rings. The smallest absolute Gasteiger partial charge is 0.207 e. The van der Waals surface area contributed by atoms with Gasteiger partial charge in [-0.2, -0.15) is 13.2 Å². The zero-order chi connectivity index (χ0) is 13.2. The molecule has 1 aromatic carbocycles. The fraction of sp³-hybridized carbons (Fsp3) is 0.333. The number of hydrogen-bond donors (Lipinski definition) is 0. The average Bonchev–Trinajstić information content (AvgIpc) is 2.19. The number of hydrogen-bond acceptors (Lipinski definition) is 1. The van der Waals surface area contributed by atoms with Crippen molar-refractivity contribution in [2.75, 3.05) is 0 Å². The first kappa shape index (κ1) is 13.2. The van der Waals surface area contributed by atoms with Crippen molar-refractivity contribution in [2.45, 2.75) is 19.1 Å². The Kier molecular flexibility index (Phi) is 3.57. The van der Waals surface area contributed by atoms with Gasteiger partial charge in [0.1, 0.15) is 11.6 Å². The Labute approximate surface area is 92.5 Å². The van der Waals surface area contributed by atoms with Gasteiger partial charge in [0.2, 0.25) is 0 Å². The van der Waals surface area contributed by atoms with Crippen LogP contribution in [-0.2, 0) is 6.18 Å². The van der Waals surface area contributed by atoms with Gasteiger partial charge < -0.3 is 0 Å². The molecular formula is C9H6F5N3. The number of azide groups is 1. The van der Waals surface area contributed by atoms with Crippen LogP contribution in [0.1, 0.15) is 24.1 Å². The highest BCUT2D eigenvalue weighted by molar-refractivity contribution is 5.30. The molecule has 0 aliphatic carbocycles. The molecule has 0 amide bonds. The maximum Gasteiger partial charge on any atom is 0.419 e. The zero-order valence-corrected chi connectivity index (χ0v) is 8.46. The topological polar surface area (TPSA) is 48.8 Å². The van der Waals surface area contributed by atoms with Crippen LogP contribution in [0, 0.1) is 11.6 Å². The maximum absolute atomic E-state index is 13.3. The highest BCUT2D eigenvalue weighted by Crippen LogP contribution is 2.34. The molecule has 0 N–H and O–H groups in total. The quantitative estimate of drug-likeness (QED) is 0.324. The summed E-state index contributed by atoms with van der Waals surface area (Å²) in [6.45, 7) is 1.24. The van der Waals surface area contributed by atoms with E-state index >= 15 is 0 Å². The summed E-state index contributed by atoms with van der Waals surface area (Å²) in [5.41, 5.74) is 5.99. The molecule has 17 heavy (non-hydrogen) atoms. The van der Waals surface area contributed by atoms with Gasteiger partial charge in [0.15, 0.2) is 0 Å². The highest BCUT2D eigenvalue weighted by Gasteiger charge is 2.35. The van der Waals surface area contributed by atoms with Crippen LogP contribution in [0.5, 0.6) is 0 Å². The minimum atomic E-state index is -4.97. The van der Waals surface area contributed by atoms with Crippen molar-refractivity contribution in [1.82, 2.24) is 0 Å².